The van der Waals surface area contributed by atoms with Gasteiger partial charge in [0.25, 0.3) is 0 Å². The van der Waals surface area contributed by atoms with Crippen LogP contribution in [0.2, 0.25) is 0 Å². The van der Waals surface area contributed by atoms with E-state index in [0.717, 1.165) is 12.1 Å². The molecular formula is C10H10F3NO. The maximum atomic E-state index is 13.3. The molecule has 1 rings (SSSR count). The summed E-state index contributed by atoms with van der Waals surface area (Å²) in [6, 6.07) is 1.96. The largest absolute Gasteiger partial charge is 0.396 e. The quantitative estimate of drug-likeness (QED) is 0.621. The molecule has 2 nitrogen and oxygen atoms in total. The molecule has 0 fully saturated rings. The first kappa shape index (κ1) is 11.6. The van der Waals surface area contributed by atoms with E-state index in [1.807, 2.05) is 0 Å². The Hall–Kier alpha value is -1.52. The van der Waals surface area contributed by atoms with Gasteiger partial charge in [-0.15, -0.1) is 0 Å². The van der Waals surface area contributed by atoms with E-state index in [4.69, 9.17) is 5.73 Å². The summed E-state index contributed by atoms with van der Waals surface area (Å²) in [6.45, 7) is -0.697. The summed E-state index contributed by atoms with van der Waals surface area (Å²) in [7, 11) is 0. The van der Waals surface area contributed by atoms with Crippen molar-refractivity contribution >= 4 is 11.5 Å². The monoisotopic (exact) mass is 217 g/mol. The number of carbonyl (C=O) groups is 1. The van der Waals surface area contributed by atoms with Crippen LogP contribution in [0.25, 0.3) is 0 Å². The Labute approximate surface area is 84.9 Å². The van der Waals surface area contributed by atoms with Gasteiger partial charge in [0.2, 0.25) is 0 Å². The van der Waals surface area contributed by atoms with Crippen LogP contribution < -0.4 is 5.73 Å². The van der Waals surface area contributed by atoms with Gasteiger partial charge in [0.15, 0.2) is 11.6 Å². The maximum Gasteiger partial charge on any atom is 0.168 e. The fourth-order valence-electron chi connectivity index (χ4n) is 1.18. The minimum absolute atomic E-state index is 0.0491. The van der Waals surface area contributed by atoms with Crippen molar-refractivity contribution in [2.45, 2.75) is 12.8 Å². The zero-order valence-electron chi connectivity index (χ0n) is 7.90. The van der Waals surface area contributed by atoms with E-state index in [0.29, 0.717) is 0 Å². The number of carbonyl (C=O) groups excluding carboxylic acids is 1. The second kappa shape index (κ2) is 4.82. The molecule has 2 N–H and O–H groups in total. The summed E-state index contributed by atoms with van der Waals surface area (Å²) in [5.41, 5.74) is 4.22. The topological polar surface area (TPSA) is 43.1 Å². The lowest BCUT2D eigenvalue weighted by Gasteiger charge is -2.05. The summed E-state index contributed by atoms with van der Waals surface area (Å²) >= 11 is 0. The van der Waals surface area contributed by atoms with Crippen molar-refractivity contribution in [1.29, 1.82) is 0 Å². The predicted molar refractivity (Wildman–Crippen MR) is 50.3 cm³/mol. The first-order valence-electron chi connectivity index (χ1n) is 4.40. The Bertz CT molecular complexity index is 379. The van der Waals surface area contributed by atoms with E-state index >= 15 is 0 Å². The van der Waals surface area contributed by atoms with Crippen LogP contribution in [0.5, 0.6) is 0 Å². The lowest BCUT2D eigenvalue weighted by atomic mass is 10.0. The van der Waals surface area contributed by atoms with Crippen molar-refractivity contribution in [1.82, 2.24) is 0 Å². The number of hydrogen-bond acceptors (Lipinski definition) is 2. The van der Waals surface area contributed by atoms with Crippen LogP contribution in [-0.4, -0.2) is 12.5 Å². The van der Waals surface area contributed by atoms with Gasteiger partial charge in [-0.3, -0.25) is 9.18 Å². The van der Waals surface area contributed by atoms with Gasteiger partial charge in [-0.2, -0.15) is 0 Å². The Morgan fingerprint density at radius 3 is 2.60 bits per heavy atom. The van der Waals surface area contributed by atoms with Gasteiger partial charge in [-0.25, -0.2) is 8.78 Å². The van der Waals surface area contributed by atoms with Crippen molar-refractivity contribution in [3.8, 4) is 0 Å². The van der Waals surface area contributed by atoms with Crippen molar-refractivity contribution in [3.05, 3.63) is 29.3 Å². The Morgan fingerprint density at radius 2 is 2.00 bits per heavy atom. The first-order valence-corrected chi connectivity index (χ1v) is 4.40. The van der Waals surface area contributed by atoms with Gasteiger partial charge in [0, 0.05) is 6.42 Å². The Balaban J connectivity index is 3.02. The standard InChI is InChI=1S/C10H10F3NO/c11-5-1-2-8(15)9-6(12)3-4-7(14)10(9)13/h3-4H,1-2,5,14H2. The summed E-state index contributed by atoms with van der Waals surface area (Å²) in [5, 5.41) is 0. The fraction of sp³-hybridized carbons (Fsp3) is 0.300. The minimum atomic E-state index is -1.07. The molecule has 0 saturated heterocycles. The van der Waals surface area contributed by atoms with Crippen molar-refractivity contribution in [2.75, 3.05) is 12.4 Å². The summed E-state index contributed by atoms with van der Waals surface area (Å²) < 4.78 is 38.1. The molecular weight excluding hydrogens is 207 g/mol. The Morgan fingerprint density at radius 1 is 1.33 bits per heavy atom. The highest BCUT2D eigenvalue weighted by Crippen LogP contribution is 2.20. The number of halogens is 3. The second-order valence-corrected chi connectivity index (χ2v) is 3.04. The van der Waals surface area contributed by atoms with Crippen LogP contribution in [0, 0.1) is 11.6 Å². The van der Waals surface area contributed by atoms with E-state index in [-0.39, 0.29) is 18.5 Å². The zero-order valence-corrected chi connectivity index (χ0v) is 7.90. The third-order valence-corrected chi connectivity index (χ3v) is 1.94. The van der Waals surface area contributed by atoms with Gasteiger partial charge in [0.1, 0.15) is 5.82 Å². The molecule has 5 heteroatoms. The molecule has 82 valence electrons. The second-order valence-electron chi connectivity index (χ2n) is 3.04. The van der Waals surface area contributed by atoms with Crippen molar-refractivity contribution in [3.63, 3.8) is 0 Å². The molecule has 0 atom stereocenters. The molecule has 0 aliphatic rings. The van der Waals surface area contributed by atoms with Crippen LogP contribution in [0.4, 0.5) is 18.9 Å². The average Bonchev–Trinajstić information content (AvgIpc) is 2.21. The van der Waals surface area contributed by atoms with Gasteiger partial charge in [-0.05, 0) is 18.6 Å². The number of ketones is 1. The number of benzene rings is 1. The zero-order chi connectivity index (χ0) is 11.4. The average molecular weight is 217 g/mol. The summed E-state index contributed by atoms with van der Waals surface area (Å²) in [5.74, 6) is -2.81. The van der Waals surface area contributed by atoms with E-state index in [2.05, 4.69) is 0 Å². The van der Waals surface area contributed by atoms with E-state index in [1.54, 1.807) is 0 Å². The molecule has 1 aromatic carbocycles. The van der Waals surface area contributed by atoms with Gasteiger partial charge < -0.3 is 5.73 Å². The van der Waals surface area contributed by atoms with Gasteiger partial charge >= 0.3 is 0 Å². The molecule has 0 radical (unpaired) electrons. The number of Topliss-reactive ketones (excluding diaryl/α,β-unsaturated/α-hetero) is 1. The SMILES string of the molecule is Nc1ccc(F)c(C(=O)CCCF)c1F. The van der Waals surface area contributed by atoms with Crippen molar-refractivity contribution < 1.29 is 18.0 Å². The van der Waals surface area contributed by atoms with Crippen LogP contribution in [0.1, 0.15) is 23.2 Å². The molecule has 0 aromatic heterocycles. The van der Waals surface area contributed by atoms with E-state index < -0.39 is 29.7 Å². The van der Waals surface area contributed by atoms with Crippen LogP contribution in [0.3, 0.4) is 0 Å². The molecule has 0 unspecified atom stereocenters. The minimum Gasteiger partial charge on any atom is -0.396 e. The third kappa shape index (κ3) is 2.49. The highest BCUT2D eigenvalue weighted by molar-refractivity contribution is 5.97. The molecule has 0 bridgehead atoms. The van der Waals surface area contributed by atoms with Crippen molar-refractivity contribution in [2.24, 2.45) is 0 Å². The molecule has 0 aliphatic heterocycles. The first-order chi connectivity index (χ1) is 7.07. The number of rotatable bonds is 4. The number of nitrogens with two attached hydrogens (primary N) is 1. The fourth-order valence-corrected chi connectivity index (χ4v) is 1.18. The smallest absolute Gasteiger partial charge is 0.168 e. The number of nitrogen functional groups attached to an aromatic ring is 1. The number of alkyl halides is 1. The predicted octanol–water partition coefficient (Wildman–Crippen LogP) is 2.48. The lowest BCUT2D eigenvalue weighted by Crippen LogP contribution is -2.08. The molecule has 0 saturated carbocycles. The van der Waals surface area contributed by atoms with Gasteiger partial charge in [0.05, 0.1) is 17.9 Å². The van der Waals surface area contributed by atoms with Crippen LogP contribution >= 0.6 is 0 Å². The molecule has 0 heterocycles. The summed E-state index contributed by atoms with van der Waals surface area (Å²) in [4.78, 5) is 11.3. The molecule has 0 aliphatic carbocycles. The highest BCUT2D eigenvalue weighted by Gasteiger charge is 2.18. The molecule has 0 amide bonds. The third-order valence-electron chi connectivity index (χ3n) is 1.94. The number of hydrogen-bond donors (Lipinski definition) is 1. The summed E-state index contributed by atoms with van der Waals surface area (Å²) in [6.07, 6.45) is -0.277. The molecule has 1 aromatic rings. The highest BCUT2D eigenvalue weighted by atomic mass is 19.1. The van der Waals surface area contributed by atoms with Crippen LogP contribution in [-0.2, 0) is 0 Å². The Kier molecular flexibility index (Phi) is 3.71. The molecule has 15 heavy (non-hydrogen) atoms. The normalized spacial score (nSPS) is 10.3. The van der Waals surface area contributed by atoms with E-state index in [1.165, 1.54) is 0 Å². The molecule has 0 spiro atoms. The van der Waals surface area contributed by atoms with E-state index in [9.17, 15) is 18.0 Å². The van der Waals surface area contributed by atoms with Gasteiger partial charge in [-0.1, -0.05) is 0 Å². The number of anilines is 1. The lowest BCUT2D eigenvalue weighted by molar-refractivity contribution is 0.0969. The van der Waals surface area contributed by atoms with Crippen LogP contribution in [0.15, 0.2) is 12.1 Å². The maximum absolute atomic E-state index is 13.3.